The Morgan fingerprint density at radius 2 is 2.17 bits per heavy atom. The number of hydrogen-bond donors (Lipinski definition) is 1. The van der Waals surface area contributed by atoms with Crippen molar-refractivity contribution in [3.63, 3.8) is 0 Å². The van der Waals surface area contributed by atoms with Crippen LogP contribution < -0.4 is 10.6 Å². The molecular weight excluding hydrogens is 242 g/mol. The van der Waals surface area contributed by atoms with E-state index in [2.05, 4.69) is 42.2 Å². The quantitative estimate of drug-likeness (QED) is 0.859. The van der Waals surface area contributed by atoms with Gasteiger partial charge in [-0.1, -0.05) is 0 Å². The number of thioether (sulfide) groups is 1. The van der Waals surface area contributed by atoms with E-state index in [-0.39, 0.29) is 0 Å². The molecule has 0 bridgehead atoms. The highest BCUT2D eigenvalue weighted by Crippen LogP contribution is 2.30. The van der Waals surface area contributed by atoms with Gasteiger partial charge in [-0.25, -0.2) is 0 Å². The molecule has 4 heteroatoms. The van der Waals surface area contributed by atoms with Crippen LogP contribution >= 0.6 is 11.8 Å². The molecule has 1 heterocycles. The third kappa shape index (κ3) is 2.38. The summed E-state index contributed by atoms with van der Waals surface area (Å²) in [6.45, 7) is 2.23. The number of pyridine rings is 1. The van der Waals surface area contributed by atoms with Gasteiger partial charge in [0.2, 0.25) is 0 Å². The summed E-state index contributed by atoms with van der Waals surface area (Å²) in [5.74, 6) is 1.10. The molecule has 96 valence electrons. The maximum Gasteiger partial charge on any atom is 0.0951 e. The van der Waals surface area contributed by atoms with Crippen molar-refractivity contribution < 1.29 is 0 Å². The number of rotatable bonds is 4. The molecule has 0 saturated carbocycles. The monoisotopic (exact) mass is 261 g/mol. The van der Waals surface area contributed by atoms with Crippen molar-refractivity contribution in [3.05, 3.63) is 30.5 Å². The van der Waals surface area contributed by atoms with Crippen LogP contribution in [0.3, 0.4) is 0 Å². The molecule has 1 aromatic heterocycles. The summed E-state index contributed by atoms with van der Waals surface area (Å²) in [4.78, 5) is 6.66. The van der Waals surface area contributed by atoms with Crippen LogP contribution in [-0.4, -0.2) is 30.1 Å². The van der Waals surface area contributed by atoms with E-state index >= 15 is 0 Å². The molecule has 0 aliphatic heterocycles. The molecule has 3 nitrogen and oxygen atoms in total. The van der Waals surface area contributed by atoms with Gasteiger partial charge in [0.05, 0.1) is 11.2 Å². The summed E-state index contributed by atoms with van der Waals surface area (Å²) in [5.41, 5.74) is 8.79. The topological polar surface area (TPSA) is 42.1 Å². The van der Waals surface area contributed by atoms with Gasteiger partial charge in [-0.2, -0.15) is 11.8 Å². The highest BCUT2D eigenvalue weighted by molar-refractivity contribution is 7.98. The van der Waals surface area contributed by atoms with Crippen LogP contribution in [0.15, 0.2) is 30.5 Å². The Morgan fingerprint density at radius 1 is 1.39 bits per heavy atom. The first-order valence-electron chi connectivity index (χ1n) is 6.00. The number of aromatic nitrogens is 1. The lowest BCUT2D eigenvalue weighted by molar-refractivity contribution is 0.768. The average molecular weight is 261 g/mol. The predicted molar refractivity (Wildman–Crippen MR) is 82.4 cm³/mol. The van der Waals surface area contributed by atoms with E-state index in [4.69, 9.17) is 5.73 Å². The lowest BCUT2D eigenvalue weighted by Crippen LogP contribution is -2.30. The lowest BCUT2D eigenvalue weighted by Gasteiger charge is -2.27. The van der Waals surface area contributed by atoms with Crippen molar-refractivity contribution in [2.24, 2.45) is 0 Å². The van der Waals surface area contributed by atoms with Crippen LogP contribution in [0.2, 0.25) is 0 Å². The zero-order valence-electron chi connectivity index (χ0n) is 11.1. The van der Waals surface area contributed by atoms with Crippen molar-refractivity contribution in [3.8, 4) is 0 Å². The van der Waals surface area contributed by atoms with E-state index in [1.807, 2.05) is 23.9 Å². The van der Waals surface area contributed by atoms with Gasteiger partial charge in [0.25, 0.3) is 0 Å². The first-order chi connectivity index (χ1) is 8.65. The molecule has 1 unspecified atom stereocenters. The third-order valence-electron chi connectivity index (χ3n) is 3.23. The summed E-state index contributed by atoms with van der Waals surface area (Å²) < 4.78 is 0. The van der Waals surface area contributed by atoms with Crippen LogP contribution in [-0.2, 0) is 0 Å². The molecule has 0 fully saturated rings. The van der Waals surface area contributed by atoms with Crippen LogP contribution in [0.25, 0.3) is 10.9 Å². The second-order valence-corrected chi connectivity index (χ2v) is 5.40. The SMILES string of the molecule is CSCC(C)N(C)c1ccc(N)c2ncccc12. The largest absolute Gasteiger partial charge is 0.397 e. The van der Waals surface area contributed by atoms with Gasteiger partial charge in [0.15, 0.2) is 0 Å². The number of benzene rings is 1. The Balaban J connectivity index is 2.48. The van der Waals surface area contributed by atoms with Crippen molar-refractivity contribution in [1.82, 2.24) is 4.98 Å². The summed E-state index contributed by atoms with van der Waals surface area (Å²) >= 11 is 1.86. The Morgan fingerprint density at radius 3 is 2.89 bits per heavy atom. The van der Waals surface area contributed by atoms with E-state index in [9.17, 15) is 0 Å². The molecule has 0 spiro atoms. The molecule has 0 saturated heterocycles. The Hall–Kier alpha value is -1.42. The van der Waals surface area contributed by atoms with E-state index in [1.54, 1.807) is 6.20 Å². The average Bonchev–Trinajstić information content (AvgIpc) is 2.39. The van der Waals surface area contributed by atoms with Crippen molar-refractivity contribution >= 4 is 34.0 Å². The maximum atomic E-state index is 5.97. The Kier molecular flexibility index (Phi) is 3.97. The number of nitrogen functional groups attached to an aromatic ring is 1. The van der Waals surface area contributed by atoms with Crippen LogP contribution in [0.4, 0.5) is 11.4 Å². The van der Waals surface area contributed by atoms with Gasteiger partial charge in [-0.15, -0.1) is 0 Å². The Bertz CT molecular complexity index is 542. The fraction of sp³-hybridized carbons (Fsp3) is 0.357. The number of anilines is 2. The van der Waals surface area contributed by atoms with Gasteiger partial charge < -0.3 is 10.6 Å². The van der Waals surface area contributed by atoms with Crippen molar-refractivity contribution in [2.75, 3.05) is 29.7 Å². The standard InChI is InChI=1S/C14H19N3S/c1-10(9-18-3)17(2)13-7-6-12(15)14-11(13)5-4-8-16-14/h4-8,10H,9,15H2,1-3H3. The zero-order valence-corrected chi connectivity index (χ0v) is 11.9. The molecule has 18 heavy (non-hydrogen) atoms. The number of fused-ring (bicyclic) bond motifs is 1. The fourth-order valence-electron chi connectivity index (χ4n) is 2.08. The lowest BCUT2D eigenvalue weighted by atomic mass is 10.1. The third-order valence-corrected chi connectivity index (χ3v) is 4.04. The normalized spacial score (nSPS) is 12.6. The fourth-order valence-corrected chi connectivity index (χ4v) is 2.78. The summed E-state index contributed by atoms with van der Waals surface area (Å²) in [7, 11) is 2.12. The number of nitrogens with zero attached hydrogens (tertiary/aromatic N) is 2. The summed E-state index contributed by atoms with van der Waals surface area (Å²) in [6, 6.07) is 8.53. The van der Waals surface area contributed by atoms with Gasteiger partial charge in [-0.3, -0.25) is 4.98 Å². The molecular formula is C14H19N3S. The van der Waals surface area contributed by atoms with E-state index in [0.29, 0.717) is 6.04 Å². The van der Waals surface area contributed by atoms with Gasteiger partial charge >= 0.3 is 0 Å². The highest BCUT2D eigenvalue weighted by Gasteiger charge is 2.13. The zero-order chi connectivity index (χ0) is 13.1. The second kappa shape index (κ2) is 5.48. The minimum Gasteiger partial charge on any atom is -0.397 e. The molecule has 1 aromatic carbocycles. The first kappa shape index (κ1) is 13.0. The molecule has 0 aliphatic carbocycles. The predicted octanol–water partition coefficient (Wildman–Crippen LogP) is 3.00. The second-order valence-electron chi connectivity index (χ2n) is 4.49. The smallest absolute Gasteiger partial charge is 0.0951 e. The molecule has 1 atom stereocenters. The van der Waals surface area contributed by atoms with Crippen molar-refractivity contribution in [2.45, 2.75) is 13.0 Å². The molecule has 0 radical (unpaired) electrons. The molecule has 0 amide bonds. The molecule has 2 aromatic rings. The minimum atomic E-state index is 0.479. The Labute approximate surface area is 112 Å². The highest BCUT2D eigenvalue weighted by atomic mass is 32.2. The van der Waals surface area contributed by atoms with E-state index in [0.717, 1.165) is 22.3 Å². The van der Waals surface area contributed by atoms with E-state index in [1.165, 1.54) is 5.69 Å². The van der Waals surface area contributed by atoms with Crippen LogP contribution in [0.5, 0.6) is 0 Å². The van der Waals surface area contributed by atoms with Crippen molar-refractivity contribution in [1.29, 1.82) is 0 Å². The van der Waals surface area contributed by atoms with Gasteiger partial charge in [0.1, 0.15) is 0 Å². The van der Waals surface area contributed by atoms with Crippen LogP contribution in [0.1, 0.15) is 6.92 Å². The van der Waals surface area contributed by atoms with Gasteiger partial charge in [-0.05, 0) is 37.4 Å². The molecule has 0 aliphatic rings. The van der Waals surface area contributed by atoms with Crippen LogP contribution in [0, 0.1) is 0 Å². The first-order valence-corrected chi connectivity index (χ1v) is 7.39. The summed E-state index contributed by atoms with van der Waals surface area (Å²) in [5, 5.41) is 1.12. The molecule has 2 rings (SSSR count). The van der Waals surface area contributed by atoms with Gasteiger partial charge in [0, 0.05) is 36.1 Å². The number of hydrogen-bond acceptors (Lipinski definition) is 4. The molecule has 2 N–H and O–H groups in total. The summed E-state index contributed by atoms with van der Waals surface area (Å²) in [6.07, 6.45) is 3.92. The minimum absolute atomic E-state index is 0.479. The van der Waals surface area contributed by atoms with E-state index < -0.39 is 0 Å². The number of nitrogens with two attached hydrogens (primary N) is 1. The maximum absolute atomic E-state index is 5.97.